The van der Waals surface area contributed by atoms with Crippen LogP contribution in [0.1, 0.15) is 61.3 Å². The zero-order valence-electron chi connectivity index (χ0n) is 15.9. The smallest absolute Gasteiger partial charge is 0.255 e. The highest BCUT2D eigenvalue weighted by Crippen LogP contribution is 2.34. The number of aryl methyl sites for hydroxylation is 2. The van der Waals surface area contributed by atoms with Crippen molar-refractivity contribution in [2.75, 3.05) is 7.11 Å². The quantitative estimate of drug-likeness (QED) is 0.921. The maximum absolute atomic E-state index is 12.9. The van der Waals surface area contributed by atoms with Crippen molar-refractivity contribution in [3.8, 4) is 0 Å². The molecule has 0 aromatic carbocycles. The molecular formula is C20H29N3O2. The molecule has 5 heteroatoms. The van der Waals surface area contributed by atoms with E-state index in [9.17, 15) is 4.79 Å². The zero-order valence-corrected chi connectivity index (χ0v) is 15.9. The minimum Gasteiger partial charge on any atom is -0.381 e. The van der Waals surface area contributed by atoms with Gasteiger partial charge in [-0.15, -0.1) is 0 Å². The van der Waals surface area contributed by atoms with Gasteiger partial charge in [-0.05, 0) is 71.4 Å². The van der Waals surface area contributed by atoms with E-state index in [0.717, 1.165) is 42.7 Å². The molecule has 5 nitrogen and oxygen atoms in total. The number of carbonyl (C=O) groups is 1. The Morgan fingerprint density at radius 2 is 1.96 bits per heavy atom. The molecule has 2 aromatic heterocycles. The summed E-state index contributed by atoms with van der Waals surface area (Å²) in [5.74, 6) is 0.423. The minimum absolute atomic E-state index is 0.0427. The van der Waals surface area contributed by atoms with Gasteiger partial charge in [0.1, 0.15) is 5.65 Å². The first-order chi connectivity index (χ1) is 11.8. The highest BCUT2D eigenvalue weighted by molar-refractivity contribution is 6.00. The summed E-state index contributed by atoms with van der Waals surface area (Å²) in [6.45, 7) is 8.25. The van der Waals surface area contributed by atoms with Crippen LogP contribution < -0.4 is 5.32 Å². The van der Waals surface area contributed by atoms with Crippen molar-refractivity contribution in [2.24, 2.45) is 5.92 Å². The van der Waals surface area contributed by atoms with Crippen LogP contribution in [0.2, 0.25) is 0 Å². The standard InChI is InChI=1S/C20H29N3O2/c1-13-12-14(2)23-11-10-17(18(23)21-13)19(24)22-20(3,4)15-6-8-16(25-5)9-7-15/h10-12,15-16H,6-9H2,1-5H3,(H,22,24)/t15-,16+. The number of hydrogen-bond donors (Lipinski definition) is 1. The second-order valence-electron chi connectivity index (χ2n) is 7.85. The number of fused-ring (bicyclic) bond motifs is 1. The fourth-order valence-corrected chi connectivity index (χ4v) is 4.05. The SMILES string of the molecule is CO[C@H]1CC[C@@H](C(C)(C)NC(=O)c2ccn3c(C)cc(C)nc23)CC1. The molecule has 0 atom stereocenters. The average Bonchev–Trinajstić information content (AvgIpc) is 2.98. The molecule has 1 saturated carbocycles. The summed E-state index contributed by atoms with van der Waals surface area (Å²) in [7, 11) is 1.78. The maximum Gasteiger partial charge on any atom is 0.255 e. The van der Waals surface area contributed by atoms with E-state index in [1.807, 2.05) is 36.6 Å². The number of rotatable bonds is 4. The molecule has 1 aliphatic rings. The Morgan fingerprint density at radius 3 is 2.60 bits per heavy atom. The molecule has 0 radical (unpaired) electrons. The molecule has 1 amide bonds. The van der Waals surface area contributed by atoms with Crippen LogP contribution in [0.5, 0.6) is 0 Å². The van der Waals surface area contributed by atoms with Crippen LogP contribution >= 0.6 is 0 Å². The molecule has 136 valence electrons. The summed E-state index contributed by atoms with van der Waals surface area (Å²) in [6.07, 6.45) is 6.58. The lowest BCUT2D eigenvalue weighted by Crippen LogP contribution is -2.50. The van der Waals surface area contributed by atoms with E-state index in [1.54, 1.807) is 7.11 Å². The molecule has 1 fully saturated rings. The summed E-state index contributed by atoms with van der Waals surface area (Å²) < 4.78 is 7.44. The molecule has 0 aliphatic heterocycles. The summed E-state index contributed by atoms with van der Waals surface area (Å²) >= 11 is 0. The first kappa shape index (κ1) is 17.9. The number of amides is 1. The van der Waals surface area contributed by atoms with Crippen LogP contribution in [-0.2, 0) is 4.74 Å². The van der Waals surface area contributed by atoms with E-state index < -0.39 is 0 Å². The Kier molecular flexibility index (Phi) is 4.87. The summed E-state index contributed by atoms with van der Waals surface area (Å²) in [4.78, 5) is 17.5. The fourth-order valence-electron chi connectivity index (χ4n) is 4.05. The molecule has 2 aromatic rings. The number of carbonyl (C=O) groups excluding carboxylic acids is 1. The number of methoxy groups -OCH3 is 1. The first-order valence-corrected chi connectivity index (χ1v) is 9.12. The molecular weight excluding hydrogens is 314 g/mol. The van der Waals surface area contributed by atoms with E-state index in [0.29, 0.717) is 17.6 Å². The third kappa shape index (κ3) is 3.56. The molecule has 0 bridgehead atoms. The van der Waals surface area contributed by atoms with Crippen molar-refractivity contribution in [3.63, 3.8) is 0 Å². The normalized spacial score (nSPS) is 21.5. The lowest BCUT2D eigenvalue weighted by molar-refractivity contribution is 0.0397. The van der Waals surface area contributed by atoms with Gasteiger partial charge in [0.2, 0.25) is 0 Å². The number of nitrogens with one attached hydrogen (secondary N) is 1. The van der Waals surface area contributed by atoms with Gasteiger partial charge >= 0.3 is 0 Å². The van der Waals surface area contributed by atoms with E-state index in [-0.39, 0.29) is 11.4 Å². The highest BCUT2D eigenvalue weighted by atomic mass is 16.5. The summed E-state index contributed by atoms with van der Waals surface area (Å²) in [5.41, 5.74) is 3.14. The van der Waals surface area contributed by atoms with Gasteiger partial charge in [0.25, 0.3) is 5.91 Å². The Bertz CT molecular complexity index is 771. The molecule has 25 heavy (non-hydrogen) atoms. The van der Waals surface area contributed by atoms with Crippen molar-refractivity contribution in [1.29, 1.82) is 0 Å². The molecule has 1 N–H and O–H groups in total. The average molecular weight is 343 g/mol. The Morgan fingerprint density at radius 1 is 1.28 bits per heavy atom. The fraction of sp³-hybridized carbons (Fsp3) is 0.600. The first-order valence-electron chi connectivity index (χ1n) is 9.12. The van der Waals surface area contributed by atoms with Crippen LogP contribution in [-0.4, -0.2) is 34.0 Å². The van der Waals surface area contributed by atoms with Gasteiger partial charge in [-0.25, -0.2) is 4.98 Å². The molecule has 0 saturated heterocycles. The lowest BCUT2D eigenvalue weighted by Gasteiger charge is -2.39. The van der Waals surface area contributed by atoms with Gasteiger partial charge in [0.05, 0.1) is 11.7 Å². The number of ether oxygens (including phenoxy) is 1. The van der Waals surface area contributed by atoms with Crippen LogP contribution in [0, 0.1) is 19.8 Å². The van der Waals surface area contributed by atoms with Crippen LogP contribution in [0.3, 0.4) is 0 Å². The third-order valence-corrected chi connectivity index (χ3v) is 5.65. The van der Waals surface area contributed by atoms with Crippen LogP contribution in [0.15, 0.2) is 18.3 Å². The van der Waals surface area contributed by atoms with E-state index in [4.69, 9.17) is 4.74 Å². The van der Waals surface area contributed by atoms with Gasteiger partial charge in [-0.3, -0.25) is 4.79 Å². The molecule has 3 rings (SSSR count). The molecule has 0 unspecified atom stereocenters. The van der Waals surface area contributed by atoms with Crippen molar-refractivity contribution < 1.29 is 9.53 Å². The van der Waals surface area contributed by atoms with E-state index in [1.165, 1.54) is 0 Å². The second-order valence-corrected chi connectivity index (χ2v) is 7.85. The van der Waals surface area contributed by atoms with Crippen molar-refractivity contribution in [3.05, 3.63) is 35.3 Å². The summed E-state index contributed by atoms with van der Waals surface area (Å²) in [5, 5.41) is 3.26. The van der Waals surface area contributed by atoms with Gasteiger partial charge in [0, 0.05) is 30.2 Å². The van der Waals surface area contributed by atoms with Gasteiger partial charge < -0.3 is 14.5 Å². The predicted octanol–water partition coefficient (Wildman–Crippen LogP) is 3.66. The van der Waals surface area contributed by atoms with E-state index >= 15 is 0 Å². The van der Waals surface area contributed by atoms with Gasteiger partial charge in [-0.1, -0.05) is 0 Å². The van der Waals surface area contributed by atoms with Gasteiger partial charge in [-0.2, -0.15) is 0 Å². The van der Waals surface area contributed by atoms with Crippen molar-refractivity contribution >= 4 is 11.6 Å². The second kappa shape index (κ2) is 6.79. The Balaban J connectivity index is 1.78. The monoisotopic (exact) mass is 343 g/mol. The summed E-state index contributed by atoms with van der Waals surface area (Å²) in [6, 6.07) is 3.88. The molecule has 0 spiro atoms. The van der Waals surface area contributed by atoms with Crippen LogP contribution in [0.4, 0.5) is 0 Å². The van der Waals surface area contributed by atoms with Crippen molar-refractivity contribution in [2.45, 2.75) is 65.0 Å². The Hall–Kier alpha value is -1.88. The molecule has 1 aliphatic carbocycles. The predicted molar refractivity (Wildman–Crippen MR) is 99.0 cm³/mol. The highest BCUT2D eigenvalue weighted by Gasteiger charge is 2.35. The minimum atomic E-state index is -0.247. The van der Waals surface area contributed by atoms with Crippen molar-refractivity contribution in [1.82, 2.24) is 14.7 Å². The zero-order chi connectivity index (χ0) is 18.2. The lowest BCUT2D eigenvalue weighted by atomic mass is 9.75. The van der Waals surface area contributed by atoms with Crippen LogP contribution in [0.25, 0.3) is 5.65 Å². The largest absolute Gasteiger partial charge is 0.381 e. The Labute approximate surface area is 149 Å². The number of nitrogens with zero attached hydrogens (tertiary/aromatic N) is 2. The third-order valence-electron chi connectivity index (χ3n) is 5.65. The maximum atomic E-state index is 12.9. The number of aromatic nitrogens is 2. The van der Waals surface area contributed by atoms with Gasteiger partial charge in [0.15, 0.2) is 0 Å². The number of hydrogen-bond acceptors (Lipinski definition) is 3. The molecule has 2 heterocycles. The topological polar surface area (TPSA) is 55.6 Å². The van der Waals surface area contributed by atoms with E-state index in [2.05, 4.69) is 24.1 Å².